The summed E-state index contributed by atoms with van der Waals surface area (Å²) in [6.07, 6.45) is 0. The lowest BCUT2D eigenvalue weighted by Gasteiger charge is -2.09. The van der Waals surface area contributed by atoms with Gasteiger partial charge in [-0.05, 0) is 12.1 Å². The van der Waals surface area contributed by atoms with E-state index in [1.54, 1.807) is 21.3 Å². The highest BCUT2D eigenvalue weighted by atomic mass is 16.5. The van der Waals surface area contributed by atoms with Crippen LogP contribution in [0.4, 0.5) is 5.69 Å². The van der Waals surface area contributed by atoms with Gasteiger partial charge in [0.2, 0.25) is 0 Å². The van der Waals surface area contributed by atoms with Crippen LogP contribution < -0.4 is 14.8 Å². The van der Waals surface area contributed by atoms with Gasteiger partial charge in [0.05, 0.1) is 14.2 Å². The van der Waals surface area contributed by atoms with Crippen molar-refractivity contribution in [1.29, 1.82) is 0 Å². The molecule has 65 valence electrons. The van der Waals surface area contributed by atoms with Gasteiger partial charge in [0, 0.05) is 7.05 Å². The van der Waals surface area contributed by atoms with Gasteiger partial charge in [-0.1, -0.05) is 6.07 Å². The third kappa shape index (κ3) is 1.44. The molecule has 0 spiro atoms. The van der Waals surface area contributed by atoms with Crippen LogP contribution in [-0.2, 0) is 0 Å². The smallest absolute Gasteiger partial charge is 0.147 e. The maximum absolute atomic E-state index is 5.10. The van der Waals surface area contributed by atoms with Crippen molar-refractivity contribution in [2.75, 3.05) is 21.3 Å². The minimum atomic E-state index is 0.733. The lowest BCUT2D eigenvalue weighted by Crippen LogP contribution is -1.96. The molecule has 0 saturated carbocycles. The zero-order valence-corrected chi connectivity index (χ0v) is 7.50. The first-order chi connectivity index (χ1) is 5.83. The van der Waals surface area contributed by atoms with E-state index in [9.17, 15) is 0 Å². The Labute approximate surface area is 72.3 Å². The van der Waals surface area contributed by atoms with Gasteiger partial charge in [-0.3, -0.25) is 5.32 Å². The molecule has 0 aliphatic carbocycles. The lowest BCUT2D eigenvalue weighted by atomic mass is 10.2. The molecule has 0 amide bonds. The normalized spacial score (nSPS) is 9.25. The molecular weight excluding hydrogens is 154 g/mol. The molecular formula is C9H12NO2. The van der Waals surface area contributed by atoms with Crippen molar-refractivity contribution in [2.24, 2.45) is 0 Å². The fourth-order valence-electron chi connectivity index (χ4n) is 1.05. The van der Waals surface area contributed by atoms with Crippen LogP contribution in [0.3, 0.4) is 0 Å². The third-order valence-corrected chi connectivity index (χ3v) is 1.63. The van der Waals surface area contributed by atoms with E-state index >= 15 is 0 Å². The average molecular weight is 166 g/mol. The van der Waals surface area contributed by atoms with Crippen molar-refractivity contribution in [3.05, 3.63) is 18.2 Å². The van der Waals surface area contributed by atoms with Gasteiger partial charge < -0.3 is 9.47 Å². The second kappa shape index (κ2) is 3.85. The number of ether oxygens (including phenoxy) is 2. The summed E-state index contributed by atoms with van der Waals surface area (Å²) >= 11 is 0. The summed E-state index contributed by atoms with van der Waals surface area (Å²) in [6, 6.07) is 5.57. The van der Waals surface area contributed by atoms with E-state index in [4.69, 9.17) is 9.47 Å². The standard InChI is InChI=1S/C9H12NO2/c1-10-9-7(11-2)5-4-6-8(9)12-3/h4-6H,1-3H3. The molecule has 0 aromatic heterocycles. The Morgan fingerprint density at radius 1 is 1.08 bits per heavy atom. The van der Waals surface area contributed by atoms with Gasteiger partial charge in [0.15, 0.2) is 0 Å². The van der Waals surface area contributed by atoms with E-state index in [0.717, 1.165) is 17.2 Å². The van der Waals surface area contributed by atoms with Crippen molar-refractivity contribution < 1.29 is 9.47 Å². The summed E-state index contributed by atoms with van der Waals surface area (Å²) in [7, 11) is 4.94. The number of methoxy groups -OCH3 is 2. The number of hydrogen-bond acceptors (Lipinski definition) is 2. The number of rotatable bonds is 3. The van der Waals surface area contributed by atoms with Crippen LogP contribution in [0.25, 0.3) is 0 Å². The maximum Gasteiger partial charge on any atom is 0.147 e. The quantitative estimate of drug-likeness (QED) is 0.682. The average Bonchev–Trinajstić information content (AvgIpc) is 2.16. The SMILES string of the molecule is C[N]c1c(OC)cccc1OC. The first-order valence-electron chi connectivity index (χ1n) is 3.64. The van der Waals surface area contributed by atoms with E-state index in [0.29, 0.717) is 0 Å². The third-order valence-electron chi connectivity index (χ3n) is 1.63. The van der Waals surface area contributed by atoms with Crippen LogP contribution in [0.1, 0.15) is 0 Å². The highest BCUT2D eigenvalue weighted by Crippen LogP contribution is 2.33. The molecule has 0 N–H and O–H groups in total. The van der Waals surface area contributed by atoms with Crippen LogP contribution in [0.15, 0.2) is 18.2 Å². The fourth-order valence-corrected chi connectivity index (χ4v) is 1.05. The Morgan fingerprint density at radius 2 is 1.58 bits per heavy atom. The summed E-state index contributed by atoms with van der Waals surface area (Å²) in [5.41, 5.74) is 0.752. The number of hydrogen-bond donors (Lipinski definition) is 0. The van der Waals surface area contributed by atoms with Gasteiger partial charge in [-0.15, -0.1) is 0 Å². The van der Waals surface area contributed by atoms with Crippen LogP contribution in [0.2, 0.25) is 0 Å². The highest BCUT2D eigenvalue weighted by molar-refractivity contribution is 5.60. The van der Waals surface area contributed by atoms with Gasteiger partial charge >= 0.3 is 0 Å². The van der Waals surface area contributed by atoms with E-state index in [1.165, 1.54) is 0 Å². The Balaban J connectivity index is 3.13. The molecule has 0 aliphatic heterocycles. The van der Waals surface area contributed by atoms with Crippen LogP contribution >= 0.6 is 0 Å². The molecule has 1 aromatic rings. The topological polar surface area (TPSA) is 32.6 Å². The molecule has 0 fully saturated rings. The van der Waals surface area contributed by atoms with Crippen molar-refractivity contribution in [3.63, 3.8) is 0 Å². The second-order valence-corrected chi connectivity index (χ2v) is 2.23. The first-order valence-corrected chi connectivity index (χ1v) is 3.64. The Bertz CT molecular complexity index is 238. The van der Waals surface area contributed by atoms with E-state index in [2.05, 4.69) is 5.32 Å². The molecule has 0 aliphatic rings. The van der Waals surface area contributed by atoms with Crippen molar-refractivity contribution in [1.82, 2.24) is 5.32 Å². The summed E-state index contributed by atoms with van der Waals surface area (Å²) < 4.78 is 10.2. The molecule has 0 bridgehead atoms. The Kier molecular flexibility index (Phi) is 2.80. The van der Waals surface area contributed by atoms with E-state index in [-0.39, 0.29) is 0 Å². The first kappa shape index (κ1) is 8.71. The van der Waals surface area contributed by atoms with E-state index in [1.807, 2.05) is 18.2 Å². The molecule has 0 saturated heterocycles. The van der Waals surface area contributed by atoms with Crippen molar-refractivity contribution >= 4 is 5.69 Å². The van der Waals surface area contributed by atoms with Crippen LogP contribution in [0, 0.1) is 0 Å². The number of para-hydroxylation sites is 1. The molecule has 3 heteroatoms. The highest BCUT2D eigenvalue weighted by Gasteiger charge is 2.07. The number of benzene rings is 1. The van der Waals surface area contributed by atoms with Crippen LogP contribution in [-0.4, -0.2) is 21.3 Å². The maximum atomic E-state index is 5.10. The molecule has 1 rings (SSSR count). The van der Waals surface area contributed by atoms with Crippen LogP contribution in [0.5, 0.6) is 11.5 Å². The molecule has 0 atom stereocenters. The predicted octanol–water partition coefficient (Wildman–Crippen LogP) is 1.57. The van der Waals surface area contributed by atoms with Gasteiger partial charge in [-0.2, -0.15) is 0 Å². The number of nitrogens with zero attached hydrogens (tertiary/aromatic N) is 1. The summed E-state index contributed by atoms with van der Waals surface area (Å²) in [5, 5.41) is 4.06. The second-order valence-electron chi connectivity index (χ2n) is 2.23. The summed E-state index contributed by atoms with van der Waals surface area (Å²) in [6.45, 7) is 0. The van der Waals surface area contributed by atoms with Gasteiger partial charge in [-0.25, -0.2) is 0 Å². The molecule has 0 unspecified atom stereocenters. The van der Waals surface area contributed by atoms with Gasteiger partial charge in [0.1, 0.15) is 17.2 Å². The summed E-state index contributed by atoms with van der Waals surface area (Å²) in [4.78, 5) is 0. The van der Waals surface area contributed by atoms with Crippen molar-refractivity contribution in [3.8, 4) is 11.5 Å². The monoisotopic (exact) mass is 166 g/mol. The zero-order chi connectivity index (χ0) is 8.97. The molecule has 1 aromatic carbocycles. The fraction of sp³-hybridized carbons (Fsp3) is 0.333. The predicted molar refractivity (Wildman–Crippen MR) is 47.3 cm³/mol. The summed E-state index contributed by atoms with van der Waals surface area (Å²) in [5.74, 6) is 1.47. The van der Waals surface area contributed by atoms with Crippen molar-refractivity contribution in [2.45, 2.75) is 0 Å². The molecule has 1 radical (unpaired) electrons. The Morgan fingerprint density at radius 3 is 1.92 bits per heavy atom. The molecule has 0 heterocycles. The van der Waals surface area contributed by atoms with Gasteiger partial charge in [0.25, 0.3) is 0 Å². The minimum absolute atomic E-state index is 0.733. The largest absolute Gasteiger partial charge is 0.494 e. The van der Waals surface area contributed by atoms with E-state index < -0.39 is 0 Å². The molecule has 12 heavy (non-hydrogen) atoms. The molecule has 3 nitrogen and oxygen atoms in total. The minimum Gasteiger partial charge on any atom is -0.494 e. The lowest BCUT2D eigenvalue weighted by molar-refractivity contribution is 0.393. The Hall–Kier alpha value is -1.38. The zero-order valence-electron chi connectivity index (χ0n) is 7.50.